The summed E-state index contributed by atoms with van der Waals surface area (Å²) in [5.41, 5.74) is 4.36. The van der Waals surface area contributed by atoms with Crippen molar-refractivity contribution in [1.82, 2.24) is 9.78 Å². The lowest BCUT2D eigenvalue weighted by Crippen LogP contribution is -2.01. The number of methoxy groups -OCH3 is 2. The minimum Gasteiger partial charge on any atom is -0.497 e. The first kappa shape index (κ1) is 16.2. The first-order valence-electron chi connectivity index (χ1n) is 8.51. The molecule has 0 saturated heterocycles. The Labute approximate surface area is 152 Å². The van der Waals surface area contributed by atoms with Gasteiger partial charge in [0.05, 0.1) is 26.3 Å². The summed E-state index contributed by atoms with van der Waals surface area (Å²) in [5, 5.41) is 6.04. The van der Waals surface area contributed by atoms with Gasteiger partial charge in [0.2, 0.25) is 0 Å². The quantitative estimate of drug-likeness (QED) is 0.523. The third-order valence-corrected chi connectivity index (χ3v) is 4.51. The molecule has 0 aliphatic carbocycles. The lowest BCUT2D eigenvalue weighted by molar-refractivity contribution is 0.414. The molecule has 4 aromatic rings. The number of ether oxygens (including phenoxy) is 2. The molecular formula is C22H20N2O2. The third kappa shape index (κ3) is 3.02. The number of benzene rings is 3. The smallest absolute Gasteiger partial charge is 0.118 e. The molecule has 130 valence electrons. The zero-order valence-electron chi connectivity index (χ0n) is 14.8. The van der Waals surface area contributed by atoms with Gasteiger partial charge < -0.3 is 9.47 Å². The van der Waals surface area contributed by atoms with Crippen LogP contribution in [-0.2, 0) is 6.54 Å². The van der Waals surface area contributed by atoms with Gasteiger partial charge in [-0.25, -0.2) is 0 Å². The lowest BCUT2D eigenvalue weighted by atomic mass is 10.1. The third-order valence-electron chi connectivity index (χ3n) is 4.51. The number of rotatable bonds is 5. The van der Waals surface area contributed by atoms with E-state index in [1.807, 2.05) is 42.5 Å². The highest BCUT2D eigenvalue weighted by Gasteiger charge is 2.12. The van der Waals surface area contributed by atoms with Crippen LogP contribution in [-0.4, -0.2) is 24.0 Å². The minimum absolute atomic E-state index is 0.709. The first-order chi connectivity index (χ1) is 12.8. The zero-order chi connectivity index (χ0) is 17.9. The van der Waals surface area contributed by atoms with Crippen molar-refractivity contribution >= 4 is 10.9 Å². The monoisotopic (exact) mass is 344 g/mol. The molecule has 0 fully saturated rings. The van der Waals surface area contributed by atoms with Gasteiger partial charge in [-0.3, -0.25) is 4.68 Å². The van der Waals surface area contributed by atoms with Gasteiger partial charge in [0.15, 0.2) is 0 Å². The van der Waals surface area contributed by atoms with Crippen LogP contribution >= 0.6 is 0 Å². The van der Waals surface area contributed by atoms with Gasteiger partial charge in [-0.15, -0.1) is 0 Å². The maximum Gasteiger partial charge on any atom is 0.118 e. The molecule has 0 N–H and O–H groups in total. The van der Waals surface area contributed by atoms with Gasteiger partial charge in [-0.05, 0) is 48.0 Å². The normalized spacial score (nSPS) is 10.8. The fourth-order valence-electron chi connectivity index (χ4n) is 3.11. The van der Waals surface area contributed by atoms with Crippen molar-refractivity contribution in [2.45, 2.75) is 6.54 Å². The molecule has 0 saturated carbocycles. The molecule has 0 spiro atoms. The summed E-state index contributed by atoms with van der Waals surface area (Å²) in [6.07, 6.45) is 0. The average molecular weight is 344 g/mol. The first-order valence-corrected chi connectivity index (χ1v) is 8.51. The Bertz CT molecular complexity index is 1020. The Hall–Kier alpha value is -3.27. The Kier molecular flexibility index (Phi) is 4.32. The van der Waals surface area contributed by atoms with Crippen molar-refractivity contribution in [3.8, 4) is 22.8 Å². The van der Waals surface area contributed by atoms with Crippen LogP contribution < -0.4 is 9.47 Å². The number of fused-ring (bicyclic) bond motifs is 1. The molecular weight excluding hydrogens is 324 g/mol. The van der Waals surface area contributed by atoms with E-state index in [-0.39, 0.29) is 0 Å². The van der Waals surface area contributed by atoms with E-state index in [4.69, 9.17) is 14.6 Å². The van der Waals surface area contributed by atoms with Gasteiger partial charge >= 0.3 is 0 Å². The topological polar surface area (TPSA) is 36.3 Å². The summed E-state index contributed by atoms with van der Waals surface area (Å²) >= 11 is 0. The molecule has 0 amide bonds. The molecule has 3 aromatic carbocycles. The molecule has 0 atom stereocenters. The number of hydrogen-bond acceptors (Lipinski definition) is 3. The van der Waals surface area contributed by atoms with Crippen LogP contribution in [0.3, 0.4) is 0 Å². The molecule has 1 aromatic heterocycles. The maximum absolute atomic E-state index is 5.26. The number of aromatic nitrogens is 2. The number of nitrogens with zero attached hydrogens (tertiary/aromatic N) is 2. The van der Waals surface area contributed by atoms with Crippen LogP contribution in [0.4, 0.5) is 0 Å². The maximum atomic E-state index is 5.26. The lowest BCUT2D eigenvalue weighted by Gasteiger charge is -2.05. The van der Waals surface area contributed by atoms with E-state index in [0.717, 1.165) is 33.7 Å². The van der Waals surface area contributed by atoms with Gasteiger partial charge in [0.1, 0.15) is 17.2 Å². The number of hydrogen-bond donors (Lipinski definition) is 0. The summed E-state index contributed by atoms with van der Waals surface area (Å²) in [6, 6.07) is 24.4. The largest absolute Gasteiger partial charge is 0.497 e. The molecule has 0 unspecified atom stereocenters. The van der Waals surface area contributed by atoms with E-state index in [1.54, 1.807) is 14.2 Å². The van der Waals surface area contributed by atoms with Crippen LogP contribution in [0.25, 0.3) is 22.2 Å². The van der Waals surface area contributed by atoms with Gasteiger partial charge in [0.25, 0.3) is 0 Å². The highest BCUT2D eigenvalue weighted by molar-refractivity contribution is 5.93. The predicted octanol–water partition coefficient (Wildman–Crippen LogP) is 4.77. The summed E-state index contributed by atoms with van der Waals surface area (Å²) in [5.74, 6) is 1.70. The van der Waals surface area contributed by atoms with E-state index in [2.05, 4.69) is 35.0 Å². The van der Waals surface area contributed by atoms with E-state index >= 15 is 0 Å². The fourth-order valence-corrected chi connectivity index (χ4v) is 3.11. The minimum atomic E-state index is 0.709. The van der Waals surface area contributed by atoms with Crippen molar-refractivity contribution in [3.63, 3.8) is 0 Å². The second-order valence-corrected chi connectivity index (χ2v) is 6.10. The SMILES string of the molecule is COc1ccc(Cn2nc(-c3ccc(OC)cc3)c3ccccc32)cc1. The van der Waals surface area contributed by atoms with Gasteiger partial charge in [-0.1, -0.05) is 30.3 Å². The summed E-state index contributed by atoms with van der Waals surface area (Å²) in [4.78, 5) is 0. The fraction of sp³-hybridized carbons (Fsp3) is 0.136. The highest BCUT2D eigenvalue weighted by Crippen LogP contribution is 2.29. The Balaban J connectivity index is 1.75. The van der Waals surface area contributed by atoms with Crippen LogP contribution in [0.15, 0.2) is 72.8 Å². The van der Waals surface area contributed by atoms with Gasteiger partial charge in [-0.2, -0.15) is 5.10 Å². The number of para-hydroxylation sites is 1. The molecule has 0 aliphatic rings. The molecule has 0 bridgehead atoms. The second kappa shape index (κ2) is 6.92. The van der Waals surface area contributed by atoms with Crippen molar-refractivity contribution in [2.75, 3.05) is 14.2 Å². The van der Waals surface area contributed by atoms with E-state index in [1.165, 1.54) is 5.56 Å². The molecule has 0 aliphatic heterocycles. The van der Waals surface area contributed by atoms with Crippen LogP contribution in [0.5, 0.6) is 11.5 Å². The summed E-state index contributed by atoms with van der Waals surface area (Å²) in [6.45, 7) is 0.709. The molecule has 0 radical (unpaired) electrons. The van der Waals surface area contributed by atoms with Crippen molar-refractivity contribution in [3.05, 3.63) is 78.4 Å². The standard InChI is InChI=1S/C22H20N2O2/c1-25-18-11-7-16(8-12-18)15-24-21-6-4-3-5-20(21)22(23-24)17-9-13-19(26-2)14-10-17/h3-14H,15H2,1-2H3. The van der Waals surface area contributed by atoms with Crippen molar-refractivity contribution in [1.29, 1.82) is 0 Å². The van der Waals surface area contributed by atoms with Gasteiger partial charge in [0, 0.05) is 10.9 Å². The predicted molar refractivity (Wildman–Crippen MR) is 104 cm³/mol. The second-order valence-electron chi connectivity index (χ2n) is 6.10. The van der Waals surface area contributed by atoms with Crippen molar-refractivity contribution < 1.29 is 9.47 Å². The van der Waals surface area contributed by atoms with Crippen molar-refractivity contribution in [2.24, 2.45) is 0 Å². The van der Waals surface area contributed by atoms with Crippen LogP contribution in [0, 0.1) is 0 Å². The molecule has 4 heteroatoms. The molecule has 4 rings (SSSR count). The average Bonchev–Trinajstić information content (AvgIpc) is 3.07. The Morgan fingerprint density at radius 3 is 2.04 bits per heavy atom. The summed E-state index contributed by atoms with van der Waals surface area (Å²) < 4.78 is 12.5. The molecule has 26 heavy (non-hydrogen) atoms. The Morgan fingerprint density at radius 1 is 0.769 bits per heavy atom. The highest BCUT2D eigenvalue weighted by atomic mass is 16.5. The summed E-state index contributed by atoms with van der Waals surface area (Å²) in [7, 11) is 3.35. The van der Waals surface area contributed by atoms with Crippen LogP contribution in [0.1, 0.15) is 5.56 Å². The molecule has 1 heterocycles. The van der Waals surface area contributed by atoms with Crippen LogP contribution in [0.2, 0.25) is 0 Å². The van der Waals surface area contributed by atoms with E-state index in [9.17, 15) is 0 Å². The van der Waals surface area contributed by atoms with E-state index < -0.39 is 0 Å². The Morgan fingerprint density at radius 2 is 1.38 bits per heavy atom. The molecule has 4 nitrogen and oxygen atoms in total. The zero-order valence-corrected chi connectivity index (χ0v) is 14.8. The van der Waals surface area contributed by atoms with E-state index in [0.29, 0.717) is 6.54 Å².